The molecule has 1 aliphatic heterocycles. The minimum absolute atomic E-state index is 0.261. The third-order valence-electron chi connectivity index (χ3n) is 3.41. The van der Waals surface area contributed by atoms with Gasteiger partial charge in [0.15, 0.2) is 0 Å². The summed E-state index contributed by atoms with van der Waals surface area (Å²) in [5, 5.41) is 7.84. The summed E-state index contributed by atoms with van der Waals surface area (Å²) in [6.07, 6.45) is 2.51. The van der Waals surface area contributed by atoms with Crippen LogP contribution in [0, 0.1) is 0 Å². The molecule has 1 aliphatic carbocycles. The molecule has 0 unspecified atom stereocenters. The van der Waals surface area contributed by atoms with Crippen LogP contribution in [0.25, 0.3) is 0 Å². The van der Waals surface area contributed by atoms with E-state index in [0.717, 1.165) is 18.1 Å². The third kappa shape index (κ3) is 1.78. The molecular formula is C12H15ClN2. The first-order valence-corrected chi connectivity index (χ1v) is 5.91. The summed E-state index contributed by atoms with van der Waals surface area (Å²) in [4.78, 5) is 0. The van der Waals surface area contributed by atoms with Crippen molar-refractivity contribution in [3.63, 3.8) is 0 Å². The zero-order valence-corrected chi connectivity index (χ0v) is 9.35. The lowest BCUT2D eigenvalue weighted by molar-refractivity contribution is 0.319. The van der Waals surface area contributed by atoms with Crippen LogP contribution in [0.3, 0.4) is 0 Å². The minimum atomic E-state index is 0.261. The fourth-order valence-electron chi connectivity index (χ4n) is 2.19. The Labute approximate surface area is 95.0 Å². The highest BCUT2D eigenvalue weighted by atomic mass is 35.5. The largest absolute Gasteiger partial charge is 0.314 e. The minimum Gasteiger partial charge on any atom is -0.314 e. The molecule has 0 radical (unpaired) electrons. The monoisotopic (exact) mass is 222 g/mol. The molecule has 0 bridgehead atoms. The summed E-state index contributed by atoms with van der Waals surface area (Å²) >= 11 is 5.90. The van der Waals surface area contributed by atoms with Crippen LogP contribution >= 0.6 is 11.6 Å². The zero-order valence-electron chi connectivity index (χ0n) is 8.59. The molecule has 0 amide bonds. The van der Waals surface area contributed by atoms with Crippen LogP contribution in [0.5, 0.6) is 0 Å². The molecule has 0 atom stereocenters. The highest BCUT2D eigenvalue weighted by molar-refractivity contribution is 6.30. The number of halogens is 1. The standard InChI is InChI=1S/C12H15ClN2/c13-10-3-1-9(2-4-10)12(5-6-12)15-11-7-14-8-11/h1-4,11,14-15H,5-8H2. The van der Waals surface area contributed by atoms with Crippen LogP contribution in [-0.4, -0.2) is 19.1 Å². The molecule has 80 valence electrons. The predicted octanol–water partition coefficient (Wildman–Crippen LogP) is 1.89. The van der Waals surface area contributed by atoms with Gasteiger partial charge < -0.3 is 10.6 Å². The third-order valence-corrected chi connectivity index (χ3v) is 3.66. The number of hydrogen-bond donors (Lipinski definition) is 2. The van der Waals surface area contributed by atoms with Crippen LogP contribution < -0.4 is 10.6 Å². The highest BCUT2D eigenvalue weighted by Crippen LogP contribution is 2.46. The Kier molecular flexibility index (Phi) is 2.23. The summed E-state index contributed by atoms with van der Waals surface area (Å²) < 4.78 is 0. The second kappa shape index (κ2) is 3.48. The fourth-order valence-corrected chi connectivity index (χ4v) is 2.32. The first-order chi connectivity index (χ1) is 7.28. The Bertz CT molecular complexity index is 352. The number of hydrogen-bond acceptors (Lipinski definition) is 2. The van der Waals surface area contributed by atoms with E-state index in [-0.39, 0.29) is 5.54 Å². The number of nitrogens with one attached hydrogen (secondary N) is 2. The van der Waals surface area contributed by atoms with Crippen LogP contribution in [0.4, 0.5) is 0 Å². The average molecular weight is 223 g/mol. The van der Waals surface area contributed by atoms with Crippen molar-refractivity contribution in [2.45, 2.75) is 24.4 Å². The topological polar surface area (TPSA) is 24.1 Å². The van der Waals surface area contributed by atoms with Crippen molar-refractivity contribution in [3.05, 3.63) is 34.9 Å². The summed E-state index contributed by atoms with van der Waals surface area (Å²) in [6, 6.07) is 8.92. The molecule has 1 heterocycles. The maximum Gasteiger partial charge on any atom is 0.0439 e. The van der Waals surface area contributed by atoms with E-state index in [1.54, 1.807) is 0 Å². The number of benzene rings is 1. The Morgan fingerprint density at radius 1 is 1.20 bits per heavy atom. The quantitative estimate of drug-likeness (QED) is 0.816. The molecule has 15 heavy (non-hydrogen) atoms. The van der Waals surface area contributed by atoms with E-state index in [1.807, 2.05) is 12.1 Å². The Morgan fingerprint density at radius 2 is 1.87 bits per heavy atom. The molecule has 2 N–H and O–H groups in total. The normalized spacial score (nSPS) is 23.5. The molecule has 1 aromatic rings. The van der Waals surface area contributed by atoms with Gasteiger partial charge in [0, 0.05) is 29.7 Å². The van der Waals surface area contributed by atoms with Crippen molar-refractivity contribution >= 4 is 11.6 Å². The average Bonchev–Trinajstić information content (AvgIpc) is 2.94. The van der Waals surface area contributed by atoms with Crippen LogP contribution in [-0.2, 0) is 5.54 Å². The van der Waals surface area contributed by atoms with Gasteiger partial charge in [-0.1, -0.05) is 23.7 Å². The molecule has 3 heteroatoms. The van der Waals surface area contributed by atoms with E-state index in [4.69, 9.17) is 11.6 Å². The van der Waals surface area contributed by atoms with Gasteiger partial charge in [0.1, 0.15) is 0 Å². The van der Waals surface area contributed by atoms with Gasteiger partial charge in [0.05, 0.1) is 0 Å². The Morgan fingerprint density at radius 3 is 2.33 bits per heavy atom. The fraction of sp³-hybridized carbons (Fsp3) is 0.500. The molecule has 3 rings (SSSR count). The summed E-state index contributed by atoms with van der Waals surface area (Å²) in [5.41, 5.74) is 1.65. The van der Waals surface area contributed by atoms with Crippen molar-refractivity contribution in [1.82, 2.24) is 10.6 Å². The van der Waals surface area contributed by atoms with Crippen LogP contribution in [0.2, 0.25) is 5.02 Å². The Balaban J connectivity index is 1.76. The maximum absolute atomic E-state index is 5.90. The van der Waals surface area contributed by atoms with Crippen molar-refractivity contribution < 1.29 is 0 Å². The van der Waals surface area contributed by atoms with Gasteiger partial charge in [-0.05, 0) is 30.5 Å². The zero-order chi connectivity index (χ0) is 10.3. The molecule has 1 saturated heterocycles. The van der Waals surface area contributed by atoms with E-state index < -0.39 is 0 Å². The van der Waals surface area contributed by atoms with Crippen LogP contribution in [0.15, 0.2) is 24.3 Å². The molecule has 0 aromatic heterocycles. The van der Waals surface area contributed by atoms with Crippen molar-refractivity contribution in [1.29, 1.82) is 0 Å². The van der Waals surface area contributed by atoms with E-state index in [2.05, 4.69) is 22.8 Å². The van der Waals surface area contributed by atoms with Gasteiger partial charge in [0.25, 0.3) is 0 Å². The highest BCUT2D eigenvalue weighted by Gasteiger charge is 2.46. The molecular weight excluding hydrogens is 208 g/mol. The molecule has 2 nitrogen and oxygen atoms in total. The van der Waals surface area contributed by atoms with Gasteiger partial charge in [-0.2, -0.15) is 0 Å². The lowest BCUT2D eigenvalue weighted by Crippen LogP contribution is -2.58. The Hall–Kier alpha value is -0.570. The first-order valence-electron chi connectivity index (χ1n) is 5.53. The van der Waals surface area contributed by atoms with Crippen molar-refractivity contribution in [3.8, 4) is 0 Å². The van der Waals surface area contributed by atoms with E-state index >= 15 is 0 Å². The van der Waals surface area contributed by atoms with Gasteiger partial charge in [-0.3, -0.25) is 0 Å². The molecule has 1 aromatic carbocycles. The van der Waals surface area contributed by atoms with Gasteiger partial charge >= 0.3 is 0 Å². The van der Waals surface area contributed by atoms with Crippen molar-refractivity contribution in [2.75, 3.05) is 13.1 Å². The molecule has 0 spiro atoms. The smallest absolute Gasteiger partial charge is 0.0439 e. The molecule has 2 aliphatic rings. The van der Waals surface area contributed by atoms with E-state index in [0.29, 0.717) is 6.04 Å². The summed E-state index contributed by atoms with van der Waals surface area (Å²) in [5.74, 6) is 0. The van der Waals surface area contributed by atoms with Crippen LogP contribution in [0.1, 0.15) is 18.4 Å². The van der Waals surface area contributed by atoms with Crippen molar-refractivity contribution in [2.24, 2.45) is 0 Å². The summed E-state index contributed by atoms with van der Waals surface area (Å²) in [7, 11) is 0. The van der Waals surface area contributed by atoms with Gasteiger partial charge in [0.2, 0.25) is 0 Å². The maximum atomic E-state index is 5.90. The summed E-state index contributed by atoms with van der Waals surface area (Å²) in [6.45, 7) is 2.21. The second-order valence-electron chi connectivity index (χ2n) is 4.59. The SMILES string of the molecule is Clc1ccc(C2(NC3CNC3)CC2)cc1. The van der Waals surface area contributed by atoms with Gasteiger partial charge in [-0.25, -0.2) is 0 Å². The van der Waals surface area contributed by atoms with E-state index in [1.165, 1.54) is 18.4 Å². The lowest BCUT2D eigenvalue weighted by atomic mass is 10.0. The predicted molar refractivity (Wildman–Crippen MR) is 62.2 cm³/mol. The number of rotatable bonds is 3. The lowest BCUT2D eigenvalue weighted by Gasteiger charge is -2.33. The first kappa shape index (κ1) is 9.64. The molecule has 1 saturated carbocycles. The molecule has 2 fully saturated rings. The second-order valence-corrected chi connectivity index (χ2v) is 5.02. The van der Waals surface area contributed by atoms with Gasteiger partial charge in [-0.15, -0.1) is 0 Å². The van der Waals surface area contributed by atoms with E-state index in [9.17, 15) is 0 Å².